The molecule has 0 bridgehead atoms. The van der Waals surface area contributed by atoms with Crippen molar-refractivity contribution in [3.8, 4) is 10.4 Å². The van der Waals surface area contributed by atoms with E-state index in [1.165, 1.54) is 6.08 Å². The third kappa shape index (κ3) is 2.95. The molecule has 0 saturated carbocycles. The lowest BCUT2D eigenvalue weighted by atomic mass is 10.1. The quantitative estimate of drug-likeness (QED) is 0.122. The molecule has 0 atom stereocenters. The standard InChI is InChI=1S/C22H8Cl4O3S/c23-17-15-16(18(24)20(26)19(17)25)22(28)11(21(15)27)6-10-7-14-12(29-10)8-13(30-14)9-4-2-1-3-5-9/h1-8H. The van der Waals surface area contributed by atoms with Gasteiger partial charge in [0.05, 0.1) is 41.5 Å². The van der Waals surface area contributed by atoms with Crippen molar-refractivity contribution in [3.05, 3.63) is 85.0 Å². The number of carbonyl (C=O) groups excluding carboxylic acids is 2. The molecular formula is C22H8Cl4O3S. The maximum absolute atomic E-state index is 12.9. The fraction of sp³-hybridized carbons (Fsp3) is 0. The summed E-state index contributed by atoms with van der Waals surface area (Å²) < 4.78 is 6.75. The number of allylic oxidation sites excluding steroid dienone is 1. The fourth-order valence-electron chi connectivity index (χ4n) is 3.37. The predicted octanol–water partition coefficient (Wildman–Crippen LogP) is 8.24. The molecule has 0 fully saturated rings. The molecule has 2 aromatic heterocycles. The molecule has 148 valence electrons. The molecule has 30 heavy (non-hydrogen) atoms. The van der Waals surface area contributed by atoms with Crippen molar-refractivity contribution >= 4 is 85.7 Å². The van der Waals surface area contributed by atoms with E-state index in [0.717, 1.165) is 15.1 Å². The molecule has 5 rings (SSSR count). The number of fused-ring (bicyclic) bond motifs is 2. The second-order valence-electron chi connectivity index (χ2n) is 6.58. The van der Waals surface area contributed by atoms with E-state index in [1.54, 1.807) is 17.4 Å². The van der Waals surface area contributed by atoms with Gasteiger partial charge in [-0.1, -0.05) is 76.7 Å². The zero-order valence-corrected chi connectivity index (χ0v) is 18.6. The smallest absolute Gasteiger partial charge is 0.199 e. The van der Waals surface area contributed by atoms with Crippen molar-refractivity contribution in [1.82, 2.24) is 0 Å². The van der Waals surface area contributed by atoms with Gasteiger partial charge in [0.1, 0.15) is 11.3 Å². The van der Waals surface area contributed by atoms with Gasteiger partial charge in [0.25, 0.3) is 0 Å². The van der Waals surface area contributed by atoms with Gasteiger partial charge < -0.3 is 4.42 Å². The van der Waals surface area contributed by atoms with Crippen molar-refractivity contribution in [2.75, 3.05) is 0 Å². The number of rotatable bonds is 2. The molecule has 0 aliphatic heterocycles. The Morgan fingerprint density at radius 1 is 0.800 bits per heavy atom. The van der Waals surface area contributed by atoms with Crippen LogP contribution in [0.15, 0.2) is 52.5 Å². The van der Waals surface area contributed by atoms with E-state index in [1.807, 2.05) is 36.4 Å². The number of hydrogen-bond acceptors (Lipinski definition) is 4. The van der Waals surface area contributed by atoms with Crippen LogP contribution in [0.3, 0.4) is 0 Å². The van der Waals surface area contributed by atoms with Crippen LogP contribution in [0.5, 0.6) is 0 Å². The van der Waals surface area contributed by atoms with Gasteiger partial charge in [-0.2, -0.15) is 0 Å². The first kappa shape index (κ1) is 19.9. The zero-order valence-electron chi connectivity index (χ0n) is 14.8. The van der Waals surface area contributed by atoms with Crippen LogP contribution < -0.4 is 0 Å². The fourth-order valence-corrected chi connectivity index (χ4v) is 5.43. The second kappa shape index (κ2) is 7.26. The molecule has 0 radical (unpaired) electrons. The first-order valence-corrected chi connectivity index (χ1v) is 11.0. The maximum atomic E-state index is 12.9. The van der Waals surface area contributed by atoms with E-state index in [9.17, 15) is 9.59 Å². The largest absolute Gasteiger partial charge is 0.456 e. The van der Waals surface area contributed by atoms with Crippen LogP contribution in [0.1, 0.15) is 26.5 Å². The summed E-state index contributed by atoms with van der Waals surface area (Å²) in [5.41, 5.74) is 1.59. The van der Waals surface area contributed by atoms with Crippen molar-refractivity contribution in [1.29, 1.82) is 0 Å². The molecule has 1 aliphatic rings. The summed E-state index contributed by atoms with van der Waals surface area (Å²) in [6, 6.07) is 13.6. The van der Waals surface area contributed by atoms with Gasteiger partial charge >= 0.3 is 0 Å². The molecule has 8 heteroatoms. The lowest BCUT2D eigenvalue weighted by Crippen LogP contribution is -2.00. The minimum atomic E-state index is -0.565. The average Bonchev–Trinajstić information content (AvgIpc) is 3.38. The van der Waals surface area contributed by atoms with E-state index in [2.05, 4.69) is 0 Å². The Balaban J connectivity index is 1.57. The highest BCUT2D eigenvalue weighted by molar-refractivity contribution is 7.22. The molecule has 3 nitrogen and oxygen atoms in total. The van der Waals surface area contributed by atoms with E-state index in [4.69, 9.17) is 50.8 Å². The monoisotopic (exact) mass is 492 g/mol. The zero-order chi connectivity index (χ0) is 21.2. The van der Waals surface area contributed by atoms with E-state index in [-0.39, 0.29) is 36.8 Å². The Morgan fingerprint density at radius 3 is 1.97 bits per heavy atom. The molecular weight excluding hydrogens is 486 g/mol. The summed E-state index contributed by atoms with van der Waals surface area (Å²) in [6.07, 6.45) is 1.40. The summed E-state index contributed by atoms with van der Waals surface area (Å²) in [5.74, 6) is -0.750. The van der Waals surface area contributed by atoms with Crippen molar-refractivity contribution in [2.45, 2.75) is 0 Å². The van der Waals surface area contributed by atoms with Gasteiger partial charge in [-0.05, 0) is 11.6 Å². The molecule has 4 aromatic rings. The Kier molecular flexibility index (Phi) is 4.80. The van der Waals surface area contributed by atoms with Gasteiger partial charge in [-0.25, -0.2) is 0 Å². The van der Waals surface area contributed by atoms with E-state index >= 15 is 0 Å². The topological polar surface area (TPSA) is 47.3 Å². The Hall–Kier alpha value is -2.08. The third-order valence-electron chi connectivity index (χ3n) is 4.78. The van der Waals surface area contributed by atoms with Crippen LogP contribution in [0.2, 0.25) is 20.1 Å². The molecule has 2 aromatic carbocycles. The summed E-state index contributed by atoms with van der Waals surface area (Å²) in [7, 11) is 0. The summed E-state index contributed by atoms with van der Waals surface area (Å²) in [5, 5.41) is -0.292. The van der Waals surface area contributed by atoms with Gasteiger partial charge in [0.2, 0.25) is 0 Å². The third-order valence-corrected chi connectivity index (χ3v) is 7.70. The Labute approximate surface area is 194 Å². The number of ketones is 2. The number of carbonyl (C=O) groups is 2. The number of benzene rings is 2. The lowest BCUT2D eigenvalue weighted by Gasteiger charge is -2.07. The first-order valence-electron chi connectivity index (χ1n) is 8.62. The second-order valence-corrected chi connectivity index (χ2v) is 9.17. The first-order chi connectivity index (χ1) is 14.4. The van der Waals surface area contributed by atoms with Crippen LogP contribution in [0.4, 0.5) is 0 Å². The molecule has 2 heterocycles. The highest BCUT2D eigenvalue weighted by Gasteiger charge is 2.39. The summed E-state index contributed by atoms with van der Waals surface area (Å²) in [4.78, 5) is 26.8. The molecule has 0 saturated heterocycles. The van der Waals surface area contributed by atoms with Gasteiger partial charge in [-0.15, -0.1) is 11.3 Å². The highest BCUT2D eigenvalue weighted by Crippen LogP contribution is 2.46. The minimum Gasteiger partial charge on any atom is -0.456 e. The van der Waals surface area contributed by atoms with Crippen molar-refractivity contribution in [3.63, 3.8) is 0 Å². The minimum absolute atomic E-state index is 0.0351. The van der Waals surface area contributed by atoms with Gasteiger partial charge in [0, 0.05) is 17.0 Å². The van der Waals surface area contributed by atoms with Crippen LogP contribution in [-0.2, 0) is 0 Å². The normalized spacial score (nSPS) is 13.4. The Bertz CT molecular complexity index is 1330. The van der Waals surface area contributed by atoms with Crippen molar-refractivity contribution < 1.29 is 14.0 Å². The predicted molar refractivity (Wildman–Crippen MR) is 123 cm³/mol. The van der Waals surface area contributed by atoms with E-state index in [0.29, 0.717) is 11.3 Å². The van der Waals surface area contributed by atoms with Crippen LogP contribution in [0.25, 0.3) is 26.8 Å². The molecule has 0 unspecified atom stereocenters. The number of halogens is 4. The van der Waals surface area contributed by atoms with E-state index < -0.39 is 11.6 Å². The number of hydrogen-bond donors (Lipinski definition) is 0. The molecule has 0 amide bonds. The van der Waals surface area contributed by atoms with Crippen LogP contribution >= 0.6 is 57.7 Å². The average molecular weight is 494 g/mol. The molecule has 0 spiro atoms. The van der Waals surface area contributed by atoms with Gasteiger partial charge in [-0.3, -0.25) is 9.59 Å². The summed E-state index contributed by atoms with van der Waals surface area (Å²) in [6.45, 7) is 0. The maximum Gasteiger partial charge on any atom is 0.199 e. The van der Waals surface area contributed by atoms with Crippen LogP contribution in [-0.4, -0.2) is 11.6 Å². The number of Topliss-reactive ketones (excluding diaryl/α,β-unsaturated/α-hetero) is 2. The van der Waals surface area contributed by atoms with Crippen LogP contribution in [0, 0.1) is 0 Å². The highest BCUT2D eigenvalue weighted by atomic mass is 35.5. The molecule has 1 aliphatic carbocycles. The lowest BCUT2D eigenvalue weighted by molar-refractivity contribution is 0.0990. The van der Waals surface area contributed by atoms with Gasteiger partial charge in [0.15, 0.2) is 11.6 Å². The molecule has 0 N–H and O–H groups in total. The SMILES string of the molecule is O=C1C(=Cc2cc3sc(-c4ccccc4)cc3o2)C(=O)c2c(Cl)c(Cl)c(Cl)c(Cl)c21. The van der Waals surface area contributed by atoms with Crippen molar-refractivity contribution in [2.24, 2.45) is 0 Å². The summed E-state index contributed by atoms with van der Waals surface area (Å²) >= 11 is 26.0. The number of furan rings is 1. The number of thiophene rings is 1. The Morgan fingerprint density at radius 2 is 1.40 bits per heavy atom.